The van der Waals surface area contributed by atoms with Crippen LogP contribution in [0.5, 0.6) is 5.75 Å². The second-order valence-corrected chi connectivity index (χ2v) is 9.35. The Morgan fingerprint density at radius 2 is 1.74 bits per heavy atom. The lowest BCUT2D eigenvalue weighted by Gasteiger charge is -2.28. The molecule has 0 saturated heterocycles. The number of carbonyl (C=O) groups excluding carboxylic acids is 2. The van der Waals surface area contributed by atoms with Crippen molar-refractivity contribution in [3.8, 4) is 16.9 Å². The van der Waals surface area contributed by atoms with Crippen LogP contribution in [0, 0.1) is 18.2 Å². The Kier molecular flexibility index (Phi) is 6.39. The zero-order valence-electron chi connectivity index (χ0n) is 19.1. The third kappa shape index (κ3) is 5.24. The highest BCUT2D eigenvalue weighted by Gasteiger charge is 2.26. The first kappa shape index (κ1) is 22.8. The van der Waals surface area contributed by atoms with Gasteiger partial charge in [-0.2, -0.15) is 0 Å². The van der Waals surface area contributed by atoms with Crippen LogP contribution in [0.1, 0.15) is 66.8 Å². The van der Waals surface area contributed by atoms with E-state index < -0.39 is 5.82 Å². The van der Waals surface area contributed by atoms with Crippen molar-refractivity contribution < 1.29 is 18.7 Å². The summed E-state index contributed by atoms with van der Waals surface area (Å²) in [5, 5.41) is 5.90. The van der Waals surface area contributed by atoms with E-state index in [-0.39, 0.29) is 34.9 Å². The Morgan fingerprint density at radius 3 is 2.32 bits per heavy atom. The van der Waals surface area contributed by atoms with Gasteiger partial charge in [-0.15, -0.1) is 0 Å². The van der Waals surface area contributed by atoms with Gasteiger partial charge in [0.05, 0.1) is 7.11 Å². The lowest BCUT2D eigenvalue weighted by atomic mass is 9.88. The highest BCUT2D eigenvalue weighted by atomic mass is 19.1. The van der Waals surface area contributed by atoms with Crippen LogP contribution in [0.25, 0.3) is 11.1 Å². The Balaban J connectivity index is 1.94. The van der Waals surface area contributed by atoms with E-state index in [9.17, 15) is 14.0 Å². The van der Waals surface area contributed by atoms with E-state index in [2.05, 4.69) is 31.4 Å². The summed E-state index contributed by atoms with van der Waals surface area (Å²) in [6.45, 7) is 9.81. The largest absolute Gasteiger partial charge is 0.496 e. The van der Waals surface area contributed by atoms with Crippen LogP contribution in [0.4, 0.5) is 4.39 Å². The number of rotatable bonds is 6. The van der Waals surface area contributed by atoms with E-state index in [0.717, 1.165) is 12.8 Å². The molecule has 1 fully saturated rings. The molecular formula is C25H31FN2O3. The van der Waals surface area contributed by atoms with Gasteiger partial charge in [-0.1, -0.05) is 20.8 Å². The van der Waals surface area contributed by atoms with E-state index in [1.165, 1.54) is 13.2 Å². The lowest BCUT2D eigenvalue weighted by molar-refractivity contribution is 0.0908. The third-order valence-electron chi connectivity index (χ3n) is 5.92. The highest BCUT2D eigenvalue weighted by Crippen LogP contribution is 2.35. The van der Waals surface area contributed by atoms with Crippen molar-refractivity contribution in [3.05, 3.63) is 52.8 Å². The highest BCUT2D eigenvalue weighted by molar-refractivity contribution is 5.98. The van der Waals surface area contributed by atoms with Crippen LogP contribution in [0.2, 0.25) is 0 Å². The molecule has 0 aromatic heterocycles. The molecule has 0 bridgehead atoms. The van der Waals surface area contributed by atoms with Gasteiger partial charge in [0.2, 0.25) is 0 Å². The van der Waals surface area contributed by atoms with Gasteiger partial charge in [0.1, 0.15) is 11.6 Å². The van der Waals surface area contributed by atoms with Gasteiger partial charge in [-0.3, -0.25) is 9.59 Å². The summed E-state index contributed by atoms with van der Waals surface area (Å²) in [5.41, 5.74) is 2.26. The number of amides is 2. The number of methoxy groups -OCH3 is 1. The fraction of sp³-hybridized carbons (Fsp3) is 0.440. The summed E-state index contributed by atoms with van der Waals surface area (Å²) in [6.07, 6.45) is 1.91. The first-order valence-electron chi connectivity index (χ1n) is 10.6. The second kappa shape index (κ2) is 8.69. The summed E-state index contributed by atoms with van der Waals surface area (Å²) >= 11 is 0. The molecule has 0 aliphatic heterocycles. The number of hydrogen-bond donors (Lipinski definition) is 2. The Hall–Kier alpha value is -2.89. The van der Waals surface area contributed by atoms with Gasteiger partial charge in [-0.25, -0.2) is 4.39 Å². The van der Waals surface area contributed by atoms with Crippen molar-refractivity contribution in [1.82, 2.24) is 10.6 Å². The SMILES string of the molecule is COc1cc(C(=O)N[C@H](C)C(C)(C)C)ccc1-c1cc(C(=O)NC2CC2)cc(F)c1C. The molecule has 0 heterocycles. The van der Waals surface area contributed by atoms with Gasteiger partial charge >= 0.3 is 0 Å². The molecule has 2 N–H and O–H groups in total. The quantitative estimate of drug-likeness (QED) is 0.693. The summed E-state index contributed by atoms with van der Waals surface area (Å²) in [6, 6.07) is 8.17. The van der Waals surface area contributed by atoms with E-state index in [0.29, 0.717) is 28.0 Å². The molecule has 6 heteroatoms. The molecule has 1 aliphatic carbocycles. The van der Waals surface area contributed by atoms with Crippen LogP contribution >= 0.6 is 0 Å². The maximum atomic E-state index is 14.7. The second-order valence-electron chi connectivity index (χ2n) is 9.35. The average Bonchev–Trinajstić information content (AvgIpc) is 3.52. The molecule has 0 unspecified atom stereocenters. The molecule has 2 aromatic rings. The van der Waals surface area contributed by atoms with Crippen molar-refractivity contribution in [3.63, 3.8) is 0 Å². The fourth-order valence-electron chi connectivity index (χ4n) is 3.14. The minimum Gasteiger partial charge on any atom is -0.496 e. The molecule has 2 aromatic carbocycles. The predicted octanol–water partition coefficient (Wildman–Crippen LogP) is 4.87. The van der Waals surface area contributed by atoms with Crippen molar-refractivity contribution in [2.24, 2.45) is 5.41 Å². The van der Waals surface area contributed by atoms with Gasteiger partial charge in [-0.05, 0) is 73.6 Å². The smallest absolute Gasteiger partial charge is 0.251 e. The Bertz CT molecular complexity index is 1010. The van der Waals surface area contributed by atoms with E-state index in [1.807, 2.05) is 6.92 Å². The lowest BCUT2D eigenvalue weighted by Crippen LogP contribution is -2.41. The topological polar surface area (TPSA) is 67.4 Å². The number of ether oxygens (including phenoxy) is 1. The van der Waals surface area contributed by atoms with Crippen molar-refractivity contribution in [2.45, 2.75) is 59.5 Å². The zero-order chi connectivity index (χ0) is 22.9. The molecule has 0 spiro atoms. The standard InChI is InChI=1S/C25H31FN2O3/c1-14-20(11-17(12-21(14)26)24(30)28-18-8-9-18)19-10-7-16(13-22(19)31-6)23(29)27-15(2)25(3,4)5/h7,10-13,15,18H,8-9H2,1-6H3,(H,27,29)(H,28,30)/t15-/m1/s1. The van der Waals surface area contributed by atoms with E-state index in [1.54, 1.807) is 31.2 Å². The summed E-state index contributed by atoms with van der Waals surface area (Å²) in [5.74, 6) is -0.499. The van der Waals surface area contributed by atoms with Gasteiger partial charge < -0.3 is 15.4 Å². The minimum atomic E-state index is -0.457. The Labute approximate surface area is 183 Å². The number of nitrogens with one attached hydrogen (secondary N) is 2. The van der Waals surface area contributed by atoms with Crippen LogP contribution in [0.3, 0.4) is 0 Å². The van der Waals surface area contributed by atoms with Crippen LogP contribution < -0.4 is 15.4 Å². The third-order valence-corrected chi connectivity index (χ3v) is 5.92. The summed E-state index contributed by atoms with van der Waals surface area (Å²) in [4.78, 5) is 25.2. The predicted molar refractivity (Wildman–Crippen MR) is 120 cm³/mol. The van der Waals surface area contributed by atoms with Crippen molar-refractivity contribution in [2.75, 3.05) is 7.11 Å². The molecule has 166 valence electrons. The van der Waals surface area contributed by atoms with Crippen LogP contribution in [-0.2, 0) is 0 Å². The first-order valence-corrected chi connectivity index (χ1v) is 10.6. The molecular weight excluding hydrogens is 395 g/mol. The molecule has 5 nitrogen and oxygen atoms in total. The van der Waals surface area contributed by atoms with Crippen LogP contribution in [0.15, 0.2) is 30.3 Å². The van der Waals surface area contributed by atoms with Gasteiger partial charge in [0.15, 0.2) is 0 Å². The molecule has 1 saturated carbocycles. The van der Waals surface area contributed by atoms with Crippen molar-refractivity contribution in [1.29, 1.82) is 0 Å². The van der Waals surface area contributed by atoms with E-state index >= 15 is 0 Å². The normalized spacial score (nSPS) is 14.7. The Morgan fingerprint density at radius 1 is 1.06 bits per heavy atom. The number of hydrogen-bond acceptors (Lipinski definition) is 3. The fourth-order valence-corrected chi connectivity index (χ4v) is 3.14. The molecule has 1 aliphatic rings. The van der Waals surface area contributed by atoms with Crippen molar-refractivity contribution >= 4 is 11.8 Å². The van der Waals surface area contributed by atoms with Gasteiger partial charge in [0.25, 0.3) is 11.8 Å². The number of halogens is 1. The molecule has 1 atom stereocenters. The maximum absolute atomic E-state index is 14.7. The summed E-state index contributed by atoms with van der Waals surface area (Å²) < 4.78 is 20.2. The summed E-state index contributed by atoms with van der Waals surface area (Å²) in [7, 11) is 1.51. The molecule has 2 amide bonds. The zero-order valence-corrected chi connectivity index (χ0v) is 19.1. The average molecular weight is 427 g/mol. The van der Waals surface area contributed by atoms with Crippen LogP contribution in [-0.4, -0.2) is 31.0 Å². The molecule has 0 radical (unpaired) electrons. The van der Waals surface area contributed by atoms with E-state index in [4.69, 9.17) is 4.74 Å². The first-order chi connectivity index (χ1) is 14.5. The maximum Gasteiger partial charge on any atom is 0.251 e. The van der Waals surface area contributed by atoms with Gasteiger partial charge in [0, 0.05) is 28.8 Å². The monoisotopic (exact) mass is 426 g/mol. The molecule has 31 heavy (non-hydrogen) atoms. The number of carbonyl (C=O) groups is 2. The minimum absolute atomic E-state index is 0.0244. The molecule has 3 rings (SSSR count). The number of benzene rings is 2.